The predicted octanol–water partition coefficient (Wildman–Crippen LogP) is 3.38. The Hall–Kier alpha value is -1.18. The summed E-state index contributed by atoms with van der Waals surface area (Å²) in [5, 5.41) is 7.50. The predicted molar refractivity (Wildman–Crippen MR) is 89.0 cm³/mol. The second kappa shape index (κ2) is 6.29. The maximum atomic E-state index is 6.02. The van der Waals surface area contributed by atoms with Crippen LogP contribution >= 0.6 is 22.9 Å². The van der Waals surface area contributed by atoms with Crippen molar-refractivity contribution >= 4 is 33.7 Å². The number of anilines is 2. The minimum atomic E-state index is 0.369. The Balaban J connectivity index is 1.74. The quantitative estimate of drug-likeness (QED) is 0.882. The van der Waals surface area contributed by atoms with Crippen LogP contribution in [0.5, 0.6) is 0 Å². The molecule has 3 N–H and O–H groups in total. The van der Waals surface area contributed by atoms with E-state index in [0.29, 0.717) is 17.8 Å². The standard InChI is InChI=1S/C14H20N4OS2/c1-3-10-9(4-5-19-10)6-16-13-11(12(15)18-21-13)14-17-8(2)7-20-14/h7,9-10,16H,3-6H2,1-2H3,(H2,15,18). The van der Waals surface area contributed by atoms with E-state index in [4.69, 9.17) is 10.5 Å². The number of hydrogen-bond acceptors (Lipinski definition) is 7. The fourth-order valence-corrected chi connectivity index (χ4v) is 4.34. The van der Waals surface area contributed by atoms with Crippen LogP contribution in [0.15, 0.2) is 5.38 Å². The van der Waals surface area contributed by atoms with E-state index < -0.39 is 0 Å². The molecule has 2 aromatic heterocycles. The number of rotatable bonds is 5. The number of ether oxygens (including phenoxy) is 1. The van der Waals surface area contributed by atoms with Gasteiger partial charge in [0.2, 0.25) is 0 Å². The first-order chi connectivity index (χ1) is 10.2. The third-order valence-corrected chi connectivity index (χ3v) is 5.62. The highest BCUT2D eigenvalue weighted by Gasteiger charge is 2.27. The van der Waals surface area contributed by atoms with Crippen LogP contribution in [0.25, 0.3) is 10.6 Å². The monoisotopic (exact) mass is 324 g/mol. The van der Waals surface area contributed by atoms with E-state index in [9.17, 15) is 0 Å². The molecule has 0 radical (unpaired) electrons. The van der Waals surface area contributed by atoms with Crippen LogP contribution in [0.2, 0.25) is 0 Å². The van der Waals surface area contributed by atoms with E-state index in [-0.39, 0.29) is 0 Å². The molecule has 1 fully saturated rings. The zero-order chi connectivity index (χ0) is 14.8. The van der Waals surface area contributed by atoms with Crippen molar-refractivity contribution in [2.45, 2.75) is 32.8 Å². The first-order valence-electron chi connectivity index (χ1n) is 7.22. The van der Waals surface area contributed by atoms with Gasteiger partial charge >= 0.3 is 0 Å². The Morgan fingerprint density at radius 1 is 1.52 bits per heavy atom. The van der Waals surface area contributed by atoms with Crippen LogP contribution in [0.1, 0.15) is 25.5 Å². The molecule has 0 amide bonds. The average Bonchev–Trinajstić information content (AvgIpc) is 3.16. The SMILES string of the molecule is CCC1OCCC1CNc1snc(N)c1-c1nc(C)cs1. The van der Waals surface area contributed by atoms with Gasteiger partial charge < -0.3 is 15.8 Å². The molecular weight excluding hydrogens is 304 g/mol. The van der Waals surface area contributed by atoms with E-state index in [1.54, 1.807) is 11.3 Å². The molecule has 0 bridgehead atoms. The van der Waals surface area contributed by atoms with Crippen molar-refractivity contribution < 1.29 is 4.74 Å². The van der Waals surface area contributed by atoms with Crippen molar-refractivity contribution in [2.75, 3.05) is 24.2 Å². The fourth-order valence-electron chi connectivity index (χ4n) is 2.70. The number of hydrogen-bond donors (Lipinski definition) is 2. The summed E-state index contributed by atoms with van der Waals surface area (Å²) in [6, 6.07) is 0. The molecule has 114 valence electrons. The molecule has 0 aliphatic carbocycles. The lowest BCUT2D eigenvalue weighted by atomic mass is 10.00. The largest absolute Gasteiger partial charge is 0.382 e. The minimum Gasteiger partial charge on any atom is -0.382 e. The van der Waals surface area contributed by atoms with E-state index in [1.165, 1.54) is 11.5 Å². The molecule has 0 saturated carbocycles. The average molecular weight is 324 g/mol. The molecule has 2 atom stereocenters. The normalized spacial score (nSPS) is 21.8. The molecule has 21 heavy (non-hydrogen) atoms. The number of nitrogens with two attached hydrogens (primary N) is 1. The Labute approximate surface area is 132 Å². The lowest BCUT2D eigenvalue weighted by Gasteiger charge is -2.17. The van der Waals surface area contributed by atoms with Crippen LogP contribution in [0.3, 0.4) is 0 Å². The Morgan fingerprint density at radius 2 is 2.38 bits per heavy atom. The summed E-state index contributed by atoms with van der Waals surface area (Å²) in [7, 11) is 0. The maximum absolute atomic E-state index is 6.02. The number of nitrogens with zero attached hydrogens (tertiary/aromatic N) is 2. The van der Waals surface area contributed by atoms with Gasteiger partial charge in [0.05, 0.1) is 11.7 Å². The van der Waals surface area contributed by atoms with E-state index in [2.05, 4.69) is 21.6 Å². The molecule has 7 heteroatoms. The van der Waals surface area contributed by atoms with Gasteiger partial charge in [-0.3, -0.25) is 0 Å². The summed E-state index contributed by atoms with van der Waals surface area (Å²) in [5.74, 6) is 1.12. The van der Waals surface area contributed by atoms with Crippen molar-refractivity contribution in [1.29, 1.82) is 0 Å². The number of nitrogen functional groups attached to an aromatic ring is 1. The van der Waals surface area contributed by atoms with Gasteiger partial charge in [0, 0.05) is 30.1 Å². The first kappa shape index (κ1) is 14.7. The van der Waals surface area contributed by atoms with Crippen molar-refractivity contribution in [2.24, 2.45) is 5.92 Å². The van der Waals surface area contributed by atoms with Crippen molar-refractivity contribution in [1.82, 2.24) is 9.36 Å². The van der Waals surface area contributed by atoms with Gasteiger partial charge in [0.25, 0.3) is 0 Å². The molecule has 0 spiro atoms. The molecule has 2 unspecified atom stereocenters. The van der Waals surface area contributed by atoms with E-state index in [1.807, 2.05) is 12.3 Å². The van der Waals surface area contributed by atoms with Crippen molar-refractivity contribution in [3.63, 3.8) is 0 Å². The van der Waals surface area contributed by atoms with Gasteiger partial charge in [-0.1, -0.05) is 6.92 Å². The summed E-state index contributed by atoms with van der Waals surface area (Å²) < 4.78 is 10.0. The molecule has 5 nitrogen and oxygen atoms in total. The first-order valence-corrected chi connectivity index (χ1v) is 8.87. The summed E-state index contributed by atoms with van der Waals surface area (Å²) in [4.78, 5) is 4.53. The zero-order valence-corrected chi connectivity index (χ0v) is 13.9. The Kier molecular flexibility index (Phi) is 4.42. The molecule has 2 aromatic rings. The summed E-state index contributed by atoms with van der Waals surface area (Å²) in [6.07, 6.45) is 2.55. The highest BCUT2D eigenvalue weighted by atomic mass is 32.1. The smallest absolute Gasteiger partial charge is 0.149 e. The van der Waals surface area contributed by atoms with Gasteiger partial charge in [0.1, 0.15) is 15.8 Å². The van der Waals surface area contributed by atoms with Crippen LogP contribution in [0, 0.1) is 12.8 Å². The maximum Gasteiger partial charge on any atom is 0.149 e. The molecule has 0 aromatic carbocycles. The van der Waals surface area contributed by atoms with Crippen molar-refractivity contribution in [3.8, 4) is 10.6 Å². The second-order valence-corrected chi connectivity index (χ2v) is 6.94. The van der Waals surface area contributed by atoms with E-state index in [0.717, 1.165) is 47.3 Å². The summed E-state index contributed by atoms with van der Waals surface area (Å²) in [5.41, 5.74) is 7.99. The zero-order valence-electron chi connectivity index (χ0n) is 12.3. The number of nitrogens with one attached hydrogen (secondary N) is 1. The third-order valence-electron chi connectivity index (χ3n) is 3.82. The molecular formula is C14H20N4OS2. The van der Waals surface area contributed by atoms with E-state index >= 15 is 0 Å². The van der Waals surface area contributed by atoms with Crippen LogP contribution in [-0.4, -0.2) is 28.6 Å². The fraction of sp³-hybridized carbons (Fsp3) is 0.571. The Bertz CT molecular complexity index is 610. The summed E-state index contributed by atoms with van der Waals surface area (Å²) >= 11 is 3.02. The van der Waals surface area contributed by atoms with Crippen LogP contribution in [0.4, 0.5) is 10.8 Å². The summed E-state index contributed by atoms with van der Waals surface area (Å²) in [6.45, 7) is 5.94. The van der Waals surface area contributed by atoms with Crippen LogP contribution < -0.4 is 11.1 Å². The third kappa shape index (κ3) is 3.04. The molecule has 3 heterocycles. The van der Waals surface area contributed by atoms with Gasteiger partial charge in [0.15, 0.2) is 0 Å². The van der Waals surface area contributed by atoms with Gasteiger partial charge in [-0.2, -0.15) is 4.37 Å². The topological polar surface area (TPSA) is 73.1 Å². The molecule has 1 aliphatic heterocycles. The Morgan fingerprint density at radius 3 is 3.10 bits per heavy atom. The highest BCUT2D eigenvalue weighted by molar-refractivity contribution is 7.15. The van der Waals surface area contributed by atoms with Crippen LogP contribution in [-0.2, 0) is 4.74 Å². The van der Waals surface area contributed by atoms with Crippen molar-refractivity contribution in [3.05, 3.63) is 11.1 Å². The van der Waals surface area contributed by atoms with Gasteiger partial charge in [-0.25, -0.2) is 4.98 Å². The van der Waals surface area contributed by atoms with Gasteiger partial charge in [-0.05, 0) is 31.3 Å². The number of aryl methyl sites for hydroxylation is 1. The molecule has 1 aliphatic rings. The lowest BCUT2D eigenvalue weighted by molar-refractivity contribution is 0.0900. The lowest BCUT2D eigenvalue weighted by Crippen LogP contribution is -2.22. The van der Waals surface area contributed by atoms with Gasteiger partial charge in [-0.15, -0.1) is 11.3 Å². The number of aromatic nitrogens is 2. The highest BCUT2D eigenvalue weighted by Crippen LogP contribution is 2.38. The molecule has 3 rings (SSSR count). The minimum absolute atomic E-state index is 0.369. The number of thiazole rings is 1. The molecule has 1 saturated heterocycles. The second-order valence-electron chi connectivity index (χ2n) is 5.31.